The van der Waals surface area contributed by atoms with Crippen molar-refractivity contribution in [3.05, 3.63) is 63.8 Å². The number of aromatic hydroxyl groups is 3. The van der Waals surface area contributed by atoms with Gasteiger partial charge in [-0.1, -0.05) is 23.3 Å². The predicted octanol–water partition coefficient (Wildman–Crippen LogP) is 4.29. The highest BCUT2D eigenvalue weighted by molar-refractivity contribution is 6.09. The molecule has 0 fully saturated rings. The quantitative estimate of drug-likeness (QED) is 0.481. The summed E-state index contributed by atoms with van der Waals surface area (Å²) in [7, 11) is 1.39. The molecule has 0 bridgehead atoms. The summed E-state index contributed by atoms with van der Waals surface area (Å²) < 4.78 is 11.2. The van der Waals surface area contributed by atoms with Crippen LogP contribution >= 0.6 is 0 Å². The first-order chi connectivity index (χ1) is 15.5. The molecule has 1 atom stereocenters. The molecule has 0 spiro atoms. The fourth-order valence-electron chi connectivity index (χ4n) is 3.85. The molecule has 0 saturated heterocycles. The van der Waals surface area contributed by atoms with E-state index in [9.17, 15) is 25.2 Å². The number of aliphatic hydroxyl groups is 1. The van der Waals surface area contributed by atoms with Crippen LogP contribution in [-0.2, 0) is 18.4 Å². The molecule has 0 aliphatic carbocycles. The zero-order valence-corrected chi connectivity index (χ0v) is 19.5. The van der Waals surface area contributed by atoms with Crippen molar-refractivity contribution in [2.75, 3.05) is 13.7 Å². The molecule has 0 saturated carbocycles. The smallest absolute Gasteiger partial charge is 0.210 e. The van der Waals surface area contributed by atoms with Gasteiger partial charge in [-0.3, -0.25) is 4.79 Å². The molecular formula is C26H30O7. The van der Waals surface area contributed by atoms with E-state index in [0.29, 0.717) is 12.0 Å². The van der Waals surface area contributed by atoms with Gasteiger partial charge in [0.25, 0.3) is 0 Å². The fraction of sp³-hybridized carbons (Fsp3) is 0.346. The highest BCUT2D eigenvalue weighted by Crippen LogP contribution is 2.47. The first-order valence-electron chi connectivity index (χ1n) is 10.6. The Kier molecular flexibility index (Phi) is 6.74. The average molecular weight is 455 g/mol. The van der Waals surface area contributed by atoms with E-state index in [2.05, 4.69) is 0 Å². The molecule has 176 valence electrons. The summed E-state index contributed by atoms with van der Waals surface area (Å²) in [4.78, 5) is 13.6. The number of fused-ring (bicyclic) bond motifs is 1. The monoisotopic (exact) mass is 454 g/mol. The standard InChI is InChI=1S/C26H30O7/c1-14(2)6-8-16-20(28)12-21-22(23(16)29)25(30)26(31,13-33-21)18-10-11-19(27)17(24(18)32-5)9-7-15(3)4/h6-7,10-12,27-29,31H,8-9,13H2,1-5H3. The van der Waals surface area contributed by atoms with Crippen molar-refractivity contribution in [1.82, 2.24) is 0 Å². The van der Waals surface area contributed by atoms with Gasteiger partial charge in [-0.15, -0.1) is 0 Å². The highest BCUT2D eigenvalue weighted by atomic mass is 16.5. The summed E-state index contributed by atoms with van der Waals surface area (Å²) in [5.41, 5.74) is 0.325. The van der Waals surface area contributed by atoms with Gasteiger partial charge in [-0.25, -0.2) is 0 Å². The molecule has 33 heavy (non-hydrogen) atoms. The zero-order chi connectivity index (χ0) is 24.5. The lowest BCUT2D eigenvalue weighted by atomic mass is 9.81. The predicted molar refractivity (Wildman–Crippen MR) is 124 cm³/mol. The van der Waals surface area contributed by atoms with Crippen LogP contribution in [0, 0.1) is 0 Å². The fourth-order valence-corrected chi connectivity index (χ4v) is 3.85. The van der Waals surface area contributed by atoms with Crippen LogP contribution < -0.4 is 9.47 Å². The zero-order valence-electron chi connectivity index (χ0n) is 19.5. The number of carbonyl (C=O) groups is 1. The molecule has 2 aromatic rings. The Balaban J connectivity index is 2.16. The lowest BCUT2D eigenvalue weighted by molar-refractivity contribution is -0.00683. The Hall–Kier alpha value is -3.45. The third kappa shape index (κ3) is 4.41. The Morgan fingerprint density at radius 1 is 1.03 bits per heavy atom. The van der Waals surface area contributed by atoms with Gasteiger partial charge in [0.2, 0.25) is 5.78 Å². The Morgan fingerprint density at radius 2 is 1.64 bits per heavy atom. The van der Waals surface area contributed by atoms with Crippen LogP contribution in [0.4, 0.5) is 0 Å². The normalized spacial score (nSPS) is 17.1. The van der Waals surface area contributed by atoms with Crippen molar-refractivity contribution in [1.29, 1.82) is 0 Å². The summed E-state index contributed by atoms with van der Waals surface area (Å²) in [5.74, 6) is -1.29. The van der Waals surface area contributed by atoms with Crippen molar-refractivity contribution < 1.29 is 34.7 Å². The number of ketones is 1. The number of carbonyl (C=O) groups excluding carboxylic acids is 1. The third-order valence-electron chi connectivity index (χ3n) is 5.70. The largest absolute Gasteiger partial charge is 0.508 e. The molecule has 1 aliphatic heterocycles. The minimum Gasteiger partial charge on any atom is -0.508 e. The van der Waals surface area contributed by atoms with E-state index in [1.165, 1.54) is 25.3 Å². The minimum absolute atomic E-state index is 0.0110. The summed E-state index contributed by atoms with van der Waals surface area (Å²) >= 11 is 0. The van der Waals surface area contributed by atoms with E-state index in [4.69, 9.17) is 9.47 Å². The molecule has 1 unspecified atom stereocenters. The van der Waals surface area contributed by atoms with Crippen molar-refractivity contribution >= 4 is 5.78 Å². The van der Waals surface area contributed by atoms with Gasteiger partial charge in [-0.2, -0.15) is 0 Å². The van der Waals surface area contributed by atoms with E-state index in [1.54, 1.807) is 6.08 Å². The number of benzene rings is 2. The summed E-state index contributed by atoms with van der Waals surface area (Å²) in [6, 6.07) is 4.08. The first-order valence-corrected chi connectivity index (χ1v) is 10.6. The number of phenolic OH excluding ortho intramolecular Hbond substituents is 3. The molecule has 0 amide bonds. The van der Waals surface area contributed by atoms with Crippen LogP contribution in [0.25, 0.3) is 0 Å². The van der Waals surface area contributed by atoms with Gasteiger partial charge in [0, 0.05) is 22.8 Å². The summed E-state index contributed by atoms with van der Waals surface area (Å²) in [6.07, 6.45) is 4.23. The second-order valence-electron chi connectivity index (χ2n) is 8.69. The van der Waals surface area contributed by atoms with Crippen molar-refractivity contribution in [2.24, 2.45) is 0 Å². The van der Waals surface area contributed by atoms with E-state index >= 15 is 0 Å². The van der Waals surface area contributed by atoms with Crippen LogP contribution in [0.15, 0.2) is 41.5 Å². The highest BCUT2D eigenvalue weighted by Gasteiger charge is 2.48. The Bertz CT molecular complexity index is 1150. The molecule has 0 radical (unpaired) electrons. The molecule has 2 aromatic carbocycles. The Labute approximate surface area is 193 Å². The molecule has 7 heteroatoms. The molecule has 1 aliphatic rings. The number of allylic oxidation sites excluding steroid dienone is 4. The van der Waals surface area contributed by atoms with Crippen LogP contribution in [0.3, 0.4) is 0 Å². The van der Waals surface area contributed by atoms with Gasteiger partial charge < -0.3 is 29.9 Å². The van der Waals surface area contributed by atoms with Gasteiger partial charge in [0.1, 0.15) is 40.9 Å². The molecule has 7 nitrogen and oxygen atoms in total. The minimum atomic E-state index is -2.17. The molecule has 0 aromatic heterocycles. The summed E-state index contributed by atoms with van der Waals surface area (Å²) in [5, 5.41) is 43.1. The number of hydrogen-bond donors (Lipinski definition) is 4. The van der Waals surface area contributed by atoms with E-state index in [1.807, 2.05) is 33.8 Å². The second-order valence-corrected chi connectivity index (χ2v) is 8.69. The number of phenols is 3. The Morgan fingerprint density at radius 3 is 2.21 bits per heavy atom. The number of hydrogen-bond acceptors (Lipinski definition) is 7. The number of ether oxygens (including phenoxy) is 2. The van der Waals surface area contributed by atoms with Crippen LogP contribution in [0.1, 0.15) is 54.7 Å². The maximum Gasteiger partial charge on any atom is 0.210 e. The number of rotatable bonds is 6. The van der Waals surface area contributed by atoms with Crippen LogP contribution in [0.5, 0.6) is 28.7 Å². The molecule has 1 heterocycles. The maximum atomic E-state index is 13.6. The van der Waals surface area contributed by atoms with E-state index < -0.39 is 23.7 Å². The van der Waals surface area contributed by atoms with Crippen molar-refractivity contribution in [3.8, 4) is 28.7 Å². The molecular weight excluding hydrogens is 424 g/mol. The number of methoxy groups -OCH3 is 1. The SMILES string of the molecule is COc1c(C2(O)COc3cc(O)c(CC=C(C)C)c(O)c3C2=O)ccc(O)c1CC=C(C)C. The van der Waals surface area contributed by atoms with E-state index in [0.717, 1.165) is 11.1 Å². The molecule has 3 rings (SSSR count). The van der Waals surface area contributed by atoms with Gasteiger partial charge in [0.05, 0.1) is 7.11 Å². The lowest BCUT2D eigenvalue weighted by Crippen LogP contribution is -2.45. The molecule has 4 N–H and O–H groups in total. The van der Waals surface area contributed by atoms with Crippen molar-refractivity contribution in [3.63, 3.8) is 0 Å². The van der Waals surface area contributed by atoms with Gasteiger partial charge in [0.15, 0.2) is 5.60 Å². The van der Waals surface area contributed by atoms with Crippen LogP contribution in [0.2, 0.25) is 0 Å². The van der Waals surface area contributed by atoms with E-state index in [-0.39, 0.29) is 46.1 Å². The number of Topliss-reactive ketones (excluding diaryl/α,β-unsaturated/α-hetero) is 1. The van der Waals surface area contributed by atoms with Gasteiger partial charge >= 0.3 is 0 Å². The van der Waals surface area contributed by atoms with Crippen LogP contribution in [-0.4, -0.2) is 39.9 Å². The van der Waals surface area contributed by atoms with Crippen molar-refractivity contribution in [2.45, 2.75) is 46.1 Å². The lowest BCUT2D eigenvalue weighted by Gasteiger charge is -2.34. The average Bonchev–Trinajstić information content (AvgIpc) is 2.74. The first kappa shape index (κ1) is 24.2. The third-order valence-corrected chi connectivity index (χ3v) is 5.70. The topological polar surface area (TPSA) is 116 Å². The maximum absolute atomic E-state index is 13.6. The second kappa shape index (κ2) is 9.19. The summed E-state index contributed by atoms with van der Waals surface area (Å²) in [6.45, 7) is 7.14. The van der Waals surface area contributed by atoms with Gasteiger partial charge in [-0.05, 0) is 52.7 Å².